The minimum Gasteiger partial charge on any atom is -0.243 e. The number of halogens is 1. The predicted octanol–water partition coefficient (Wildman–Crippen LogP) is 1.90. The van der Waals surface area contributed by atoms with Gasteiger partial charge in [0.1, 0.15) is 5.82 Å². The second-order valence-corrected chi connectivity index (χ2v) is 2.86. The molecule has 0 unspecified atom stereocenters. The van der Waals surface area contributed by atoms with E-state index in [2.05, 4.69) is 16.4 Å². The Morgan fingerprint density at radius 1 is 1.36 bits per heavy atom. The Balaban J connectivity index is 2.34. The molecule has 2 aromatic rings. The van der Waals surface area contributed by atoms with Gasteiger partial charge in [0.15, 0.2) is 12.2 Å². The van der Waals surface area contributed by atoms with E-state index in [0.717, 1.165) is 12.1 Å². The Bertz CT molecular complexity index is 419. The number of benzene rings is 1. The first-order valence-electron chi connectivity index (χ1n) is 4.38. The van der Waals surface area contributed by atoms with Crippen LogP contribution in [0.4, 0.5) is 4.39 Å². The van der Waals surface area contributed by atoms with Crippen molar-refractivity contribution in [2.45, 2.75) is 13.5 Å². The fraction of sp³-hybridized carbons (Fsp3) is 0.200. The zero-order valence-corrected chi connectivity index (χ0v) is 7.74. The highest BCUT2D eigenvalue weighted by molar-refractivity contribution is 5.53. The van der Waals surface area contributed by atoms with Gasteiger partial charge < -0.3 is 0 Å². The van der Waals surface area contributed by atoms with Crippen molar-refractivity contribution in [3.63, 3.8) is 0 Å². The fourth-order valence-corrected chi connectivity index (χ4v) is 1.13. The lowest BCUT2D eigenvalue weighted by atomic mass is 10.2. The van der Waals surface area contributed by atoms with E-state index < -0.39 is 0 Å². The number of hydrogen-bond donors (Lipinski definition) is 0. The molecule has 0 fully saturated rings. The maximum absolute atomic E-state index is 12.6. The normalized spacial score (nSPS) is 10.4. The van der Waals surface area contributed by atoms with Gasteiger partial charge in [0.05, 0.1) is 0 Å². The molecule has 1 radical (unpaired) electrons. The monoisotopic (exact) mass is 190 g/mol. The topological polar surface area (TPSA) is 30.7 Å². The molecular weight excluding hydrogens is 181 g/mol. The van der Waals surface area contributed by atoms with Crippen molar-refractivity contribution in [1.29, 1.82) is 0 Å². The molecule has 0 N–H and O–H groups in total. The van der Waals surface area contributed by atoms with Crippen molar-refractivity contribution in [2.75, 3.05) is 0 Å². The van der Waals surface area contributed by atoms with Crippen LogP contribution < -0.4 is 0 Å². The largest absolute Gasteiger partial charge is 0.243 e. The highest BCUT2D eigenvalue weighted by atomic mass is 19.1. The van der Waals surface area contributed by atoms with E-state index in [1.54, 1.807) is 16.8 Å². The van der Waals surface area contributed by atoms with Crippen molar-refractivity contribution in [1.82, 2.24) is 14.8 Å². The van der Waals surface area contributed by atoms with Crippen molar-refractivity contribution in [3.8, 4) is 11.4 Å². The number of rotatable bonds is 2. The number of aromatic nitrogens is 3. The molecular formula is C10H9FN3. The molecule has 0 saturated heterocycles. The summed E-state index contributed by atoms with van der Waals surface area (Å²) in [4.78, 5) is 3.99. The summed E-state index contributed by atoms with van der Waals surface area (Å²) in [5.41, 5.74) is 0.801. The van der Waals surface area contributed by atoms with Crippen LogP contribution in [0.3, 0.4) is 0 Å². The van der Waals surface area contributed by atoms with Gasteiger partial charge in [0.2, 0.25) is 0 Å². The molecule has 14 heavy (non-hydrogen) atoms. The Morgan fingerprint density at radius 2 is 2.07 bits per heavy atom. The molecule has 0 amide bonds. The van der Waals surface area contributed by atoms with Gasteiger partial charge in [0, 0.05) is 12.1 Å². The number of hydrogen-bond acceptors (Lipinski definition) is 2. The number of aryl methyl sites for hydroxylation is 1. The molecule has 0 saturated carbocycles. The molecule has 1 heterocycles. The van der Waals surface area contributed by atoms with E-state index in [-0.39, 0.29) is 5.82 Å². The molecule has 1 aromatic heterocycles. The van der Waals surface area contributed by atoms with Crippen LogP contribution in [0.15, 0.2) is 24.3 Å². The molecule has 0 spiro atoms. The molecule has 0 aliphatic carbocycles. The van der Waals surface area contributed by atoms with Crippen molar-refractivity contribution >= 4 is 0 Å². The third-order valence-electron chi connectivity index (χ3n) is 1.89. The molecule has 3 nitrogen and oxygen atoms in total. The third kappa shape index (κ3) is 1.64. The molecule has 4 heteroatoms. The van der Waals surface area contributed by atoms with Crippen molar-refractivity contribution < 1.29 is 4.39 Å². The zero-order valence-electron chi connectivity index (χ0n) is 7.74. The number of nitrogens with zero attached hydrogens (tertiary/aromatic N) is 3. The van der Waals surface area contributed by atoms with Gasteiger partial charge in [0.25, 0.3) is 0 Å². The lowest BCUT2D eigenvalue weighted by Gasteiger charge is -1.94. The fourth-order valence-electron chi connectivity index (χ4n) is 1.13. The minimum absolute atomic E-state index is 0.257. The third-order valence-corrected chi connectivity index (χ3v) is 1.89. The lowest BCUT2D eigenvalue weighted by Crippen LogP contribution is -1.94. The van der Waals surface area contributed by atoms with Crippen LogP contribution in [0.5, 0.6) is 0 Å². The molecule has 0 aliphatic heterocycles. The van der Waals surface area contributed by atoms with Crippen LogP contribution in [-0.4, -0.2) is 14.8 Å². The van der Waals surface area contributed by atoms with Crippen LogP contribution in [0.25, 0.3) is 11.4 Å². The van der Waals surface area contributed by atoms with Crippen LogP contribution in [-0.2, 0) is 6.54 Å². The SMILES string of the molecule is CCn1[c]nc(-c2ccc(F)cc2)n1. The summed E-state index contributed by atoms with van der Waals surface area (Å²) in [5, 5.41) is 4.16. The first kappa shape index (κ1) is 8.87. The van der Waals surface area contributed by atoms with Crippen LogP contribution in [0.2, 0.25) is 0 Å². The molecule has 0 bridgehead atoms. The van der Waals surface area contributed by atoms with Gasteiger partial charge in [-0.3, -0.25) is 0 Å². The summed E-state index contributed by atoms with van der Waals surface area (Å²) in [6, 6.07) is 6.08. The standard InChI is InChI=1S/C10H9FN3/c1-2-14-7-12-10(13-14)8-3-5-9(11)6-4-8/h3-6H,2H2,1H3. The van der Waals surface area contributed by atoms with E-state index in [1.165, 1.54) is 12.1 Å². The van der Waals surface area contributed by atoms with E-state index >= 15 is 0 Å². The Morgan fingerprint density at radius 3 is 2.64 bits per heavy atom. The summed E-state index contributed by atoms with van der Waals surface area (Å²) in [6.45, 7) is 2.69. The molecule has 0 atom stereocenters. The summed E-state index contributed by atoms with van der Waals surface area (Å²) in [5.74, 6) is 0.319. The highest BCUT2D eigenvalue weighted by Gasteiger charge is 2.03. The maximum atomic E-state index is 12.6. The van der Waals surface area contributed by atoms with E-state index in [0.29, 0.717) is 5.82 Å². The Hall–Kier alpha value is -1.71. The molecule has 71 valence electrons. The van der Waals surface area contributed by atoms with E-state index in [1.807, 2.05) is 6.92 Å². The summed E-state index contributed by atoms with van der Waals surface area (Å²) in [7, 11) is 0. The van der Waals surface area contributed by atoms with E-state index in [9.17, 15) is 4.39 Å². The van der Waals surface area contributed by atoms with Gasteiger partial charge in [-0.1, -0.05) is 0 Å². The lowest BCUT2D eigenvalue weighted by molar-refractivity contribution is 0.628. The second-order valence-electron chi connectivity index (χ2n) is 2.86. The van der Waals surface area contributed by atoms with Crippen molar-refractivity contribution in [3.05, 3.63) is 36.4 Å². The highest BCUT2D eigenvalue weighted by Crippen LogP contribution is 2.13. The summed E-state index contributed by atoms with van der Waals surface area (Å²) in [6.07, 6.45) is 2.73. The summed E-state index contributed by atoms with van der Waals surface area (Å²) < 4.78 is 14.2. The average Bonchev–Trinajstić information content (AvgIpc) is 2.67. The second kappa shape index (κ2) is 3.57. The first-order valence-corrected chi connectivity index (χ1v) is 4.38. The van der Waals surface area contributed by atoms with Gasteiger partial charge >= 0.3 is 0 Å². The summed E-state index contributed by atoms with van der Waals surface area (Å²) >= 11 is 0. The molecule has 0 aliphatic rings. The van der Waals surface area contributed by atoms with Crippen molar-refractivity contribution in [2.24, 2.45) is 0 Å². The smallest absolute Gasteiger partial charge is 0.196 e. The maximum Gasteiger partial charge on any atom is 0.196 e. The average molecular weight is 190 g/mol. The minimum atomic E-state index is -0.257. The first-order chi connectivity index (χ1) is 6.79. The Kier molecular flexibility index (Phi) is 2.26. The van der Waals surface area contributed by atoms with E-state index in [4.69, 9.17) is 0 Å². The van der Waals surface area contributed by atoms with Gasteiger partial charge in [-0.15, -0.1) is 0 Å². The predicted molar refractivity (Wildman–Crippen MR) is 49.9 cm³/mol. The molecule has 2 rings (SSSR count). The van der Waals surface area contributed by atoms with Gasteiger partial charge in [-0.05, 0) is 31.2 Å². The van der Waals surface area contributed by atoms with Gasteiger partial charge in [-0.25, -0.2) is 14.1 Å². The van der Waals surface area contributed by atoms with Crippen LogP contribution in [0, 0.1) is 12.1 Å². The zero-order chi connectivity index (χ0) is 9.97. The quantitative estimate of drug-likeness (QED) is 0.724. The molecule has 1 aromatic carbocycles. The Labute approximate surface area is 81.2 Å². The van der Waals surface area contributed by atoms with Gasteiger partial charge in [-0.2, -0.15) is 5.10 Å². The van der Waals surface area contributed by atoms with Crippen LogP contribution in [0.1, 0.15) is 6.92 Å². The van der Waals surface area contributed by atoms with Crippen LogP contribution >= 0.6 is 0 Å².